The lowest BCUT2D eigenvalue weighted by Gasteiger charge is -2.07. The minimum Gasteiger partial charge on any atom is -0.493 e. The normalized spacial score (nSPS) is 11.4. The lowest BCUT2D eigenvalue weighted by Crippen LogP contribution is -2.04. The van der Waals surface area contributed by atoms with Crippen LogP contribution in [0.3, 0.4) is 0 Å². The van der Waals surface area contributed by atoms with Gasteiger partial charge in [-0.1, -0.05) is 24.3 Å². The molecule has 0 fully saturated rings. The van der Waals surface area contributed by atoms with Crippen molar-refractivity contribution in [2.45, 2.75) is 25.9 Å². The van der Waals surface area contributed by atoms with Crippen molar-refractivity contribution in [3.8, 4) is 17.1 Å². The van der Waals surface area contributed by atoms with Gasteiger partial charge in [-0.15, -0.1) is 0 Å². The number of aryl methyl sites for hydroxylation is 1. The highest BCUT2D eigenvalue weighted by molar-refractivity contribution is 5.70. The van der Waals surface area contributed by atoms with Crippen LogP contribution in [-0.2, 0) is 23.8 Å². The maximum Gasteiger partial charge on any atom is 0.416 e. The van der Waals surface area contributed by atoms with Crippen molar-refractivity contribution in [3.05, 3.63) is 77.0 Å². The van der Waals surface area contributed by atoms with E-state index in [2.05, 4.69) is 0 Å². The lowest BCUT2D eigenvalue weighted by molar-refractivity contribution is -0.138. The van der Waals surface area contributed by atoms with E-state index >= 15 is 0 Å². The van der Waals surface area contributed by atoms with Gasteiger partial charge in [-0.05, 0) is 48.4 Å². The van der Waals surface area contributed by atoms with E-state index in [0.29, 0.717) is 41.4 Å². The van der Waals surface area contributed by atoms with Crippen molar-refractivity contribution in [1.29, 1.82) is 0 Å². The summed E-state index contributed by atoms with van der Waals surface area (Å²) in [6, 6.07) is 13.5. The number of carboxylic acids is 1. The summed E-state index contributed by atoms with van der Waals surface area (Å²) in [5, 5.41) is 8.86. The summed E-state index contributed by atoms with van der Waals surface area (Å²) in [7, 11) is 0. The molecule has 4 nitrogen and oxygen atoms in total. The van der Waals surface area contributed by atoms with E-state index in [1.165, 1.54) is 12.1 Å². The fourth-order valence-corrected chi connectivity index (χ4v) is 2.93. The average molecular weight is 404 g/mol. The maximum atomic E-state index is 12.7. The van der Waals surface area contributed by atoms with Gasteiger partial charge in [0, 0.05) is 12.0 Å². The standard InChI is InChI=1S/C22H19F3O4/c1-14-17(9-10-28-19-4-2-3-15(11-19)12-21(26)27)13-20(29-14)16-5-7-18(8-6-16)22(23,24)25/h2-8,11,13H,9-10,12H2,1H3,(H,26,27). The van der Waals surface area contributed by atoms with E-state index in [1.54, 1.807) is 37.3 Å². The molecule has 2 aromatic carbocycles. The van der Waals surface area contributed by atoms with E-state index in [1.807, 2.05) is 0 Å². The minimum absolute atomic E-state index is 0.0749. The van der Waals surface area contributed by atoms with Crippen molar-refractivity contribution >= 4 is 5.97 Å². The quantitative estimate of drug-likeness (QED) is 0.563. The van der Waals surface area contributed by atoms with Gasteiger partial charge in [0.15, 0.2) is 0 Å². The van der Waals surface area contributed by atoms with Gasteiger partial charge in [0.05, 0.1) is 18.6 Å². The second-order valence-electron chi connectivity index (χ2n) is 6.58. The Hall–Kier alpha value is -3.22. The average Bonchev–Trinajstić information content (AvgIpc) is 3.02. The van der Waals surface area contributed by atoms with E-state index in [-0.39, 0.29) is 6.42 Å². The molecule has 0 atom stereocenters. The Balaban J connectivity index is 1.63. The van der Waals surface area contributed by atoms with Crippen molar-refractivity contribution < 1.29 is 32.2 Å². The zero-order valence-electron chi connectivity index (χ0n) is 15.6. The molecule has 1 N–H and O–H groups in total. The zero-order valence-corrected chi connectivity index (χ0v) is 15.6. The van der Waals surface area contributed by atoms with E-state index < -0.39 is 17.7 Å². The number of aliphatic carboxylic acids is 1. The van der Waals surface area contributed by atoms with Crippen LogP contribution in [0, 0.1) is 6.92 Å². The predicted octanol–water partition coefficient (Wildman–Crippen LogP) is 5.52. The smallest absolute Gasteiger partial charge is 0.416 e. The fraction of sp³-hybridized carbons (Fsp3) is 0.227. The summed E-state index contributed by atoms with van der Waals surface area (Å²) in [6.45, 7) is 2.14. The summed E-state index contributed by atoms with van der Waals surface area (Å²) in [4.78, 5) is 10.8. The Labute approximate surface area is 165 Å². The molecule has 0 saturated carbocycles. The topological polar surface area (TPSA) is 59.7 Å². The number of furan rings is 1. The highest BCUT2D eigenvalue weighted by Crippen LogP contribution is 2.32. The number of alkyl halides is 3. The maximum absolute atomic E-state index is 12.7. The zero-order chi connectivity index (χ0) is 21.0. The predicted molar refractivity (Wildman–Crippen MR) is 101 cm³/mol. The Morgan fingerprint density at radius 3 is 2.48 bits per heavy atom. The van der Waals surface area contributed by atoms with Crippen LogP contribution in [0.1, 0.15) is 22.5 Å². The summed E-state index contributed by atoms with van der Waals surface area (Å²) in [6.07, 6.45) is -3.91. The molecule has 0 spiro atoms. The van der Waals surface area contributed by atoms with Gasteiger partial charge in [-0.25, -0.2) is 0 Å². The molecule has 0 aliphatic carbocycles. The fourth-order valence-electron chi connectivity index (χ4n) is 2.93. The molecule has 0 radical (unpaired) electrons. The molecule has 3 aromatic rings. The van der Waals surface area contributed by atoms with Gasteiger partial charge in [0.2, 0.25) is 0 Å². The first kappa shape index (κ1) is 20.5. The Morgan fingerprint density at radius 2 is 1.83 bits per heavy atom. The van der Waals surface area contributed by atoms with Crippen LogP contribution in [0.15, 0.2) is 59.0 Å². The Bertz CT molecular complexity index is 988. The van der Waals surface area contributed by atoms with Crippen molar-refractivity contribution in [1.82, 2.24) is 0 Å². The third-order valence-corrected chi connectivity index (χ3v) is 4.41. The largest absolute Gasteiger partial charge is 0.493 e. The Kier molecular flexibility index (Phi) is 5.96. The summed E-state index contributed by atoms with van der Waals surface area (Å²) in [5.41, 5.74) is 1.40. The SMILES string of the molecule is Cc1oc(-c2ccc(C(F)(F)F)cc2)cc1CCOc1cccc(CC(=O)O)c1. The van der Waals surface area contributed by atoms with Crippen LogP contribution in [0.4, 0.5) is 13.2 Å². The first-order valence-corrected chi connectivity index (χ1v) is 8.93. The molecule has 1 heterocycles. The second kappa shape index (κ2) is 8.43. The van der Waals surface area contributed by atoms with Crippen molar-refractivity contribution in [2.75, 3.05) is 6.61 Å². The number of halogens is 3. The molecule has 0 aliphatic heterocycles. The molecule has 0 unspecified atom stereocenters. The van der Waals surface area contributed by atoms with Gasteiger partial charge in [0.1, 0.15) is 17.3 Å². The van der Waals surface area contributed by atoms with Crippen LogP contribution in [0.2, 0.25) is 0 Å². The molecule has 7 heteroatoms. The van der Waals surface area contributed by atoms with E-state index in [9.17, 15) is 18.0 Å². The number of carboxylic acid groups (broad SMARTS) is 1. The van der Waals surface area contributed by atoms with E-state index in [4.69, 9.17) is 14.3 Å². The molecule has 1 aromatic heterocycles. The van der Waals surface area contributed by atoms with Gasteiger partial charge in [-0.3, -0.25) is 4.79 Å². The lowest BCUT2D eigenvalue weighted by atomic mass is 10.1. The van der Waals surface area contributed by atoms with Crippen LogP contribution in [-0.4, -0.2) is 17.7 Å². The van der Waals surface area contributed by atoms with Gasteiger partial charge in [0.25, 0.3) is 0 Å². The summed E-state index contributed by atoms with van der Waals surface area (Å²) in [5.74, 6) is 0.831. The monoisotopic (exact) mass is 404 g/mol. The number of rotatable bonds is 7. The molecular weight excluding hydrogens is 385 g/mol. The van der Waals surface area contributed by atoms with Crippen LogP contribution in [0.25, 0.3) is 11.3 Å². The minimum atomic E-state index is -4.37. The summed E-state index contributed by atoms with van der Waals surface area (Å²) < 4.78 is 49.5. The highest BCUT2D eigenvalue weighted by Gasteiger charge is 2.30. The molecule has 152 valence electrons. The molecule has 3 rings (SSSR count). The van der Waals surface area contributed by atoms with Crippen molar-refractivity contribution in [2.24, 2.45) is 0 Å². The van der Waals surface area contributed by atoms with Crippen LogP contribution < -0.4 is 4.74 Å². The van der Waals surface area contributed by atoms with Gasteiger partial charge < -0.3 is 14.3 Å². The third-order valence-electron chi connectivity index (χ3n) is 4.41. The molecule has 29 heavy (non-hydrogen) atoms. The van der Waals surface area contributed by atoms with Gasteiger partial charge in [-0.2, -0.15) is 13.2 Å². The Morgan fingerprint density at radius 1 is 1.10 bits per heavy atom. The second-order valence-corrected chi connectivity index (χ2v) is 6.58. The highest BCUT2D eigenvalue weighted by atomic mass is 19.4. The van der Waals surface area contributed by atoms with Crippen LogP contribution in [0.5, 0.6) is 5.75 Å². The van der Waals surface area contributed by atoms with E-state index in [0.717, 1.165) is 17.7 Å². The number of benzene rings is 2. The van der Waals surface area contributed by atoms with Crippen LogP contribution >= 0.6 is 0 Å². The molecular formula is C22H19F3O4. The number of hydrogen-bond donors (Lipinski definition) is 1. The number of hydrogen-bond acceptors (Lipinski definition) is 3. The first-order valence-electron chi connectivity index (χ1n) is 8.93. The molecule has 0 aliphatic rings. The number of ether oxygens (including phenoxy) is 1. The molecule has 0 saturated heterocycles. The molecule has 0 amide bonds. The first-order chi connectivity index (χ1) is 13.7. The third kappa shape index (κ3) is 5.40. The van der Waals surface area contributed by atoms with Crippen molar-refractivity contribution in [3.63, 3.8) is 0 Å². The molecule has 0 bridgehead atoms. The van der Waals surface area contributed by atoms with Gasteiger partial charge >= 0.3 is 12.1 Å². The summed E-state index contributed by atoms with van der Waals surface area (Å²) >= 11 is 0. The number of carbonyl (C=O) groups is 1.